The lowest BCUT2D eigenvalue weighted by molar-refractivity contribution is -0.155. The van der Waals surface area contributed by atoms with Crippen LogP contribution in [0.2, 0.25) is 0 Å². The molecule has 22 heavy (non-hydrogen) atoms. The van der Waals surface area contributed by atoms with Gasteiger partial charge in [-0.3, -0.25) is 4.79 Å². The maximum atomic E-state index is 12.0. The minimum atomic E-state index is 0.0204. The van der Waals surface area contributed by atoms with Gasteiger partial charge in [0.2, 0.25) is 0 Å². The molecule has 0 atom stereocenters. The molecule has 0 N–H and O–H groups in total. The number of ether oxygens (including phenoxy) is 1. The largest absolute Gasteiger partial charge is 0.462 e. The third kappa shape index (κ3) is 8.19. The lowest BCUT2D eigenvalue weighted by atomic mass is 9.64. The number of hydrogen-bond acceptors (Lipinski definition) is 2. The third-order valence-corrected chi connectivity index (χ3v) is 4.80. The number of carbonyl (C=O) groups is 1. The van der Waals surface area contributed by atoms with E-state index in [0.29, 0.717) is 6.42 Å². The second-order valence-electron chi connectivity index (χ2n) is 8.90. The second-order valence-corrected chi connectivity index (χ2v) is 8.90. The molecule has 130 valence electrons. The summed E-state index contributed by atoms with van der Waals surface area (Å²) in [6, 6.07) is 0. The summed E-state index contributed by atoms with van der Waals surface area (Å²) in [7, 11) is 0. The zero-order chi connectivity index (χ0) is 16.6. The number of hydrogen-bond donors (Lipinski definition) is 0. The van der Waals surface area contributed by atoms with Crippen LogP contribution in [0, 0.1) is 10.8 Å². The Balaban J connectivity index is 2.19. The van der Waals surface area contributed by atoms with Gasteiger partial charge in [-0.1, -0.05) is 73.1 Å². The van der Waals surface area contributed by atoms with Crippen molar-refractivity contribution in [3.05, 3.63) is 0 Å². The molecule has 0 spiro atoms. The standard InChI is InChI=1S/C20H38O2/c1-6-7-8-9-10-11-12-13-18(21)22-17-14-19(2,3)16-20(4,5)15-17/h17H,6-16H2,1-5H3. The lowest BCUT2D eigenvalue weighted by Gasteiger charge is -2.44. The molecule has 0 aliphatic heterocycles. The summed E-state index contributed by atoms with van der Waals surface area (Å²) >= 11 is 0. The van der Waals surface area contributed by atoms with Gasteiger partial charge in [0, 0.05) is 6.42 Å². The van der Waals surface area contributed by atoms with Crippen LogP contribution < -0.4 is 0 Å². The van der Waals surface area contributed by atoms with Gasteiger partial charge in [0.15, 0.2) is 0 Å². The van der Waals surface area contributed by atoms with Crippen molar-refractivity contribution < 1.29 is 9.53 Å². The highest BCUT2D eigenvalue weighted by atomic mass is 16.5. The lowest BCUT2D eigenvalue weighted by Crippen LogP contribution is -2.38. The SMILES string of the molecule is CCCCCCCCCC(=O)OC1CC(C)(C)CC(C)(C)C1. The van der Waals surface area contributed by atoms with Crippen LogP contribution in [0.25, 0.3) is 0 Å². The Morgan fingerprint density at radius 1 is 0.909 bits per heavy atom. The van der Waals surface area contributed by atoms with Crippen LogP contribution in [0.5, 0.6) is 0 Å². The zero-order valence-corrected chi connectivity index (χ0v) is 15.7. The first-order chi connectivity index (χ1) is 10.2. The van der Waals surface area contributed by atoms with Crippen LogP contribution in [-0.2, 0) is 9.53 Å². The molecule has 0 radical (unpaired) electrons. The molecule has 0 saturated heterocycles. The van der Waals surface area contributed by atoms with E-state index in [1.54, 1.807) is 0 Å². The van der Waals surface area contributed by atoms with Crippen molar-refractivity contribution in [3.8, 4) is 0 Å². The molecule has 0 aromatic carbocycles. The van der Waals surface area contributed by atoms with Crippen molar-refractivity contribution in [2.24, 2.45) is 10.8 Å². The first-order valence-corrected chi connectivity index (χ1v) is 9.44. The summed E-state index contributed by atoms with van der Waals surface area (Å²) in [5.41, 5.74) is 0.567. The Hall–Kier alpha value is -0.530. The van der Waals surface area contributed by atoms with Gasteiger partial charge in [-0.15, -0.1) is 0 Å². The van der Waals surface area contributed by atoms with Crippen molar-refractivity contribution >= 4 is 5.97 Å². The summed E-state index contributed by atoms with van der Waals surface area (Å²) in [6.45, 7) is 11.4. The van der Waals surface area contributed by atoms with Gasteiger partial charge in [-0.25, -0.2) is 0 Å². The van der Waals surface area contributed by atoms with E-state index in [1.165, 1.54) is 44.9 Å². The minimum absolute atomic E-state index is 0.0204. The van der Waals surface area contributed by atoms with E-state index in [2.05, 4.69) is 34.6 Å². The maximum absolute atomic E-state index is 12.0. The van der Waals surface area contributed by atoms with E-state index in [1.807, 2.05) is 0 Å². The molecule has 1 aliphatic rings. The Labute approximate surface area is 138 Å². The Morgan fingerprint density at radius 3 is 1.95 bits per heavy atom. The molecular weight excluding hydrogens is 272 g/mol. The Morgan fingerprint density at radius 2 is 1.41 bits per heavy atom. The Bertz CT molecular complexity index is 315. The van der Waals surface area contributed by atoms with Gasteiger partial charge >= 0.3 is 5.97 Å². The highest BCUT2D eigenvalue weighted by Gasteiger charge is 2.39. The van der Waals surface area contributed by atoms with Crippen LogP contribution in [0.4, 0.5) is 0 Å². The van der Waals surface area contributed by atoms with E-state index in [-0.39, 0.29) is 22.9 Å². The molecule has 0 aromatic heterocycles. The second kappa shape index (κ2) is 8.93. The quantitative estimate of drug-likeness (QED) is 0.370. The first-order valence-electron chi connectivity index (χ1n) is 9.44. The van der Waals surface area contributed by atoms with Gasteiger partial charge in [-0.05, 0) is 36.5 Å². The molecule has 1 rings (SSSR count). The molecule has 0 unspecified atom stereocenters. The smallest absolute Gasteiger partial charge is 0.306 e. The first kappa shape index (κ1) is 19.5. The average molecular weight is 311 g/mol. The molecule has 1 aliphatic carbocycles. The predicted octanol–water partition coefficient (Wildman–Crippen LogP) is 6.28. The molecule has 0 aromatic rings. The van der Waals surface area contributed by atoms with E-state index < -0.39 is 0 Å². The summed E-state index contributed by atoms with van der Waals surface area (Å²) in [6.07, 6.45) is 12.7. The van der Waals surface area contributed by atoms with E-state index >= 15 is 0 Å². The third-order valence-electron chi connectivity index (χ3n) is 4.80. The topological polar surface area (TPSA) is 26.3 Å². The van der Waals surface area contributed by atoms with Crippen molar-refractivity contribution in [1.29, 1.82) is 0 Å². The maximum Gasteiger partial charge on any atom is 0.306 e. The molecule has 1 fully saturated rings. The highest BCUT2D eigenvalue weighted by Crippen LogP contribution is 2.46. The van der Waals surface area contributed by atoms with Crippen LogP contribution >= 0.6 is 0 Å². The Kier molecular flexibility index (Phi) is 7.93. The van der Waals surface area contributed by atoms with E-state index in [4.69, 9.17) is 4.74 Å². The van der Waals surface area contributed by atoms with Gasteiger partial charge in [0.1, 0.15) is 6.10 Å². The van der Waals surface area contributed by atoms with Crippen molar-refractivity contribution in [2.45, 2.75) is 111 Å². The fourth-order valence-electron chi connectivity index (χ4n) is 4.30. The van der Waals surface area contributed by atoms with E-state index in [0.717, 1.165) is 19.3 Å². The van der Waals surface area contributed by atoms with Crippen molar-refractivity contribution in [3.63, 3.8) is 0 Å². The molecule has 1 saturated carbocycles. The number of rotatable bonds is 9. The summed E-state index contributed by atoms with van der Waals surface area (Å²) < 4.78 is 5.77. The molecule has 0 amide bonds. The van der Waals surface area contributed by atoms with Crippen LogP contribution in [0.15, 0.2) is 0 Å². The summed E-state index contributed by atoms with van der Waals surface area (Å²) in [5.74, 6) is 0.0204. The van der Waals surface area contributed by atoms with Gasteiger partial charge in [0.25, 0.3) is 0 Å². The van der Waals surface area contributed by atoms with Gasteiger partial charge in [-0.2, -0.15) is 0 Å². The number of carbonyl (C=O) groups excluding carboxylic acids is 1. The molecule has 0 heterocycles. The predicted molar refractivity (Wildman–Crippen MR) is 93.9 cm³/mol. The normalized spacial score (nSPS) is 20.8. The van der Waals surface area contributed by atoms with Crippen LogP contribution in [0.3, 0.4) is 0 Å². The molecular formula is C20H38O2. The molecule has 0 bridgehead atoms. The fourth-order valence-corrected chi connectivity index (χ4v) is 4.30. The number of unbranched alkanes of at least 4 members (excludes halogenated alkanes) is 6. The molecule has 2 heteroatoms. The average Bonchev–Trinajstić information content (AvgIpc) is 2.33. The van der Waals surface area contributed by atoms with Crippen LogP contribution in [-0.4, -0.2) is 12.1 Å². The van der Waals surface area contributed by atoms with Gasteiger partial charge < -0.3 is 4.74 Å². The minimum Gasteiger partial charge on any atom is -0.462 e. The van der Waals surface area contributed by atoms with Crippen molar-refractivity contribution in [1.82, 2.24) is 0 Å². The van der Waals surface area contributed by atoms with Gasteiger partial charge in [0.05, 0.1) is 0 Å². The fraction of sp³-hybridized carbons (Fsp3) is 0.950. The van der Waals surface area contributed by atoms with E-state index in [9.17, 15) is 4.79 Å². The number of esters is 1. The van der Waals surface area contributed by atoms with Crippen LogP contribution in [0.1, 0.15) is 105 Å². The highest BCUT2D eigenvalue weighted by molar-refractivity contribution is 5.69. The summed E-state index contributed by atoms with van der Waals surface area (Å²) in [5, 5.41) is 0. The molecule has 2 nitrogen and oxygen atoms in total. The monoisotopic (exact) mass is 310 g/mol. The summed E-state index contributed by atoms with van der Waals surface area (Å²) in [4.78, 5) is 12.0. The zero-order valence-electron chi connectivity index (χ0n) is 15.7. The van der Waals surface area contributed by atoms with Crippen molar-refractivity contribution in [2.75, 3.05) is 0 Å².